The minimum atomic E-state index is -0.985. The minimum Gasteiger partial charge on any atom is -0.478 e. The van der Waals surface area contributed by atoms with E-state index in [9.17, 15) is 4.79 Å². The second kappa shape index (κ2) is 4.53. The van der Waals surface area contributed by atoms with Crippen LogP contribution in [0.2, 0.25) is 0 Å². The van der Waals surface area contributed by atoms with Crippen LogP contribution in [0.15, 0.2) is 12.4 Å². The van der Waals surface area contributed by atoms with E-state index in [1.54, 1.807) is 6.20 Å². The lowest BCUT2D eigenvalue weighted by molar-refractivity contribution is 0.0699. The summed E-state index contributed by atoms with van der Waals surface area (Å²) < 4.78 is 0. The molecule has 1 aliphatic carbocycles. The Morgan fingerprint density at radius 2 is 2.21 bits per heavy atom. The van der Waals surface area contributed by atoms with Gasteiger partial charge in [0.05, 0.1) is 6.20 Å². The van der Waals surface area contributed by atoms with Gasteiger partial charge in [0.15, 0.2) is 5.65 Å². The fourth-order valence-corrected chi connectivity index (χ4v) is 2.69. The molecule has 6 nitrogen and oxygen atoms in total. The van der Waals surface area contributed by atoms with E-state index in [2.05, 4.69) is 19.9 Å². The van der Waals surface area contributed by atoms with Crippen molar-refractivity contribution in [2.24, 2.45) is 0 Å². The first-order chi connectivity index (χ1) is 9.16. The van der Waals surface area contributed by atoms with Crippen molar-refractivity contribution in [1.29, 1.82) is 0 Å². The van der Waals surface area contributed by atoms with E-state index < -0.39 is 5.97 Å². The first kappa shape index (κ1) is 12.0. The van der Waals surface area contributed by atoms with Gasteiger partial charge in [0, 0.05) is 19.3 Å². The third-order valence-electron chi connectivity index (χ3n) is 3.83. The highest BCUT2D eigenvalue weighted by atomic mass is 16.4. The molecule has 3 rings (SSSR count). The number of aromatic carboxylic acids is 1. The number of anilines is 1. The fourth-order valence-electron chi connectivity index (χ4n) is 2.69. The number of aromatic nitrogens is 3. The average molecular weight is 260 g/mol. The van der Waals surface area contributed by atoms with Crippen molar-refractivity contribution in [1.82, 2.24) is 15.0 Å². The number of fused-ring (bicyclic) bond motifs is 1. The number of carboxylic acids is 1. The molecule has 0 radical (unpaired) electrons. The monoisotopic (exact) mass is 260 g/mol. The number of carboxylic acid groups (broad SMARTS) is 1. The van der Waals surface area contributed by atoms with Crippen LogP contribution in [-0.2, 0) is 0 Å². The zero-order chi connectivity index (χ0) is 13.4. The summed E-state index contributed by atoms with van der Waals surface area (Å²) in [5.74, 6) is -0.247. The second-order valence-corrected chi connectivity index (χ2v) is 4.98. The molecule has 100 valence electrons. The van der Waals surface area contributed by atoms with Gasteiger partial charge in [0.1, 0.15) is 16.9 Å². The molecule has 0 spiro atoms. The van der Waals surface area contributed by atoms with Gasteiger partial charge in [-0.25, -0.2) is 14.8 Å². The third-order valence-corrected chi connectivity index (χ3v) is 3.83. The Bertz CT molecular complexity index is 616. The van der Waals surface area contributed by atoms with Crippen LogP contribution in [0.5, 0.6) is 0 Å². The Kier molecular flexibility index (Phi) is 2.85. The van der Waals surface area contributed by atoms with Gasteiger partial charge < -0.3 is 15.0 Å². The zero-order valence-electron chi connectivity index (χ0n) is 10.8. The summed E-state index contributed by atoms with van der Waals surface area (Å²) in [6, 6.07) is 0.485. The number of rotatable bonds is 3. The van der Waals surface area contributed by atoms with Gasteiger partial charge >= 0.3 is 5.97 Å². The number of nitrogens with zero attached hydrogens (tertiary/aromatic N) is 3. The van der Waals surface area contributed by atoms with E-state index in [1.807, 2.05) is 7.05 Å². The summed E-state index contributed by atoms with van der Waals surface area (Å²) in [7, 11) is 2.00. The Hall–Kier alpha value is -2.11. The Balaban J connectivity index is 2.00. The van der Waals surface area contributed by atoms with Gasteiger partial charge in [-0.15, -0.1) is 0 Å². The number of carbonyl (C=O) groups is 1. The predicted molar refractivity (Wildman–Crippen MR) is 71.5 cm³/mol. The summed E-state index contributed by atoms with van der Waals surface area (Å²) >= 11 is 0. The zero-order valence-corrected chi connectivity index (χ0v) is 10.8. The summed E-state index contributed by atoms with van der Waals surface area (Å²) in [6.45, 7) is 0. The lowest BCUT2D eigenvalue weighted by Gasteiger charge is -2.24. The molecule has 2 heterocycles. The van der Waals surface area contributed by atoms with Gasteiger partial charge in [0.25, 0.3) is 0 Å². The molecule has 0 atom stereocenters. The Labute approximate surface area is 110 Å². The van der Waals surface area contributed by atoms with Crippen LogP contribution in [0.25, 0.3) is 11.2 Å². The van der Waals surface area contributed by atoms with Crippen molar-refractivity contribution in [2.45, 2.75) is 31.7 Å². The quantitative estimate of drug-likeness (QED) is 0.882. The van der Waals surface area contributed by atoms with Gasteiger partial charge in [-0.3, -0.25) is 0 Å². The molecular weight excluding hydrogens is 244 g/mol. The SMILES string of the molecule is CN(c1cnc2[nH]cc(C(=O)O)c2n1)C1CCCC1. The molecule has 2 aromatic heterocycles. The molecule has 0 saturated heterocycles. The van der Waals surface area contributed by atoms with E-state index in [0.717, 1.165) is 18.7 Å². The molecule has 6 heteroatoms. The lowest BCUT2D eigenvalue weighted by Crippen LogP contribution is -2.29. The highest BCUT2D eigenvalue weighted by Crippen LogP contribution is 2.26. The number of hydrogen-bond acceptors (Lipinski definition) is 4. The molecule has 2 aromatic rings. The van der Waals surface area contributed by atoms with Gasteiger partial charge in [-0.2, -0.15) is 0 Å². The van der Waals surface area contributed by atoms with E-state index >= 15 is 0 Å². The fraction of sp³-hybridized carbons (Fsp3) is 0.462. The molecule has 1 saturated carbocycles. The van der Waals surface area contributed by atoms with Crippen molar-refractivity contribution >= 4 is 23.0 Å². The van der Waals surface area contributed by atoms with Crippen LogP contribution in [-0.4, -0.2) is 39.1 Å². The highest BCUT2D eigenvalue weighted by Gasteiger charge is 2.22. The molecule has 0 aliphatic heterocycles. The van der Waals surface area contributed by atoms with Crippen LogP contribution < -0.4 is 4.90 Å². The highest BCUT2D eigenvalue weighted by molar-refractivity contribution is 6.00. The molecule has 19 heavy (non-hydrogen) atoms. The lowest BCUT2D eigenvalue weighted by atomic mass is 10.2. The number of aromatic amines is 1. The molecule has 1 aliphatic rings. The minimum absolute atomic E-state index is 0.171. The maximum absolute atomic E-state index is 11.1. The van der Waals surface area contributed by atoms with Crippen molar-refractivity contribution in [3.05, 3.63) is 18.0 Å². The van der Waals surface area contributed by atoms with Crippen LogP contribution >= 0.6 is 0 Å². The average Bonchev–Trinajstić information content (AvgIpc) is 3.06. The summed E-state index contributed by atoms with van der Waals surface area (Å²) in [5, 5.41) is 9.11. The van der Waals surface area contributed by atoms with Crippen molar-refractivity contribution < 1.29 is 9.90 Å². The van der Waals surface area contributed by atoms with Crippen LogP contribution in [0.1, 0.15) is 36.0 Å². The number of hydrogen-bond donors (Lipinski definition) is 2. The molecule has 2 N–H and O–H groups in total. The van der Waals surface area contributed by atoms with E-state index in [-0.39, 0.29) is 5.56 Å². The first-order valence-electron chi connectivity index (χ1n) is 6.47. The molecule has 1 fully saturated rings. The van der Waals surface area contributed by atoms with Crippen LogP contribution in [0.4, 0.5) is 5.82 Å². The summed E-state index contributed by atoms with van der Waals surface area (Å²) in [6.07, 6.45) is 7.95. The topological polar surface area (TPSA) is 82.1 Å². The Morgan fingerprint density at radius 1 is 1.47 bits per heavy atom. The largest absolute Gasteiger partial charge is 0.478 e. The molecule has 0 bridgehead atoms. The van der Waals surface area contributed by atoms with Crippen LogP contribution in [0, 0.1) is 0 Å². The Morgan fingerprint density at radius 3 is 2.89 bits per heavy atom. The van der Waals surface area contributed by atoms with Crippen LogP contribution in [0.3, 0.4) is 0 Å². The van der Waals surface area contributed by atoms with Gasteiger partial charge in [-0.1, -0.05) is 12.8 Å². The number of nitrogens with one attached hydrogen (secondary N) is 1. The standard InChI is InChI=1S/C13H16N4O2/c1-17(8-4-2-3-5-8)10-7-15-12-11(16-10)9(6-14-12)13(18)19/h6-8H,2-5H2,1H3,(H,14,15)(H,18,19). The molecular formula is C13H16N4O2. The predicted octanol–water partition coefficient (Wildman–Crippen LogP) is 2.03. The normalized spacial score (nSPS) is 16.1. The van der Waals surface area contributed by atoms with Crippen molar-refractivity contribution in [3.63, 3.8) is 0 Å². The smallest absolute Gasteiger partial charge is 0.339 e. The molecule has 0 aromatic carbocycles. The maximum Gasteiger partial charge on any atom is 0.339 e. The second-order valence-electron chi connectivity index (χ2n) is 4.98. The third kappa shape index (κ3) is 2.03. The molecule has 0 unspecified atom stereocenters. The van der Waals surface area contributed by atoms with E-state index in [4.69, 9.17) is 5.11 Å². The number of H-pyrrole nitrogens is 1. The molecule has 0 amide bonds. The van der Waals surface area contributed by atoms with Crippen molar-refractivity contribution in [3.8, 4) is 0 Å². The first-order valence-corrected chi connectivity index (χ1v) is 6.47. The summed E-state index contributed by atoms with van der Waals surface area (Å²) in [5.41, 5.74) is 1.11. The van der Waals surface area contributed by atoms with E-state index in [1.165, 1.54) is 19.0 Å². The van der Waals surface area contributed by atoms with E-state index in [0.29, 0.717) is 17.2 Å². The van der Waals surface area contributed by atoms with Gasteiger partial charge in [0.2, 0.25) is 0 Å². The van der Waals surface area contributed by atoms with Crippen molar-refractivity contribution in [2.75, 3.05) is 11.9 Å². The van der Waals surface area contributed by atoms with Gasteiger partial charge in [-0.05, 0) is 12.8 Å². The maximum atomic E-state index is 11.1. The summed E-state index contributed by atoms with van der Waals surface area (Å²) in [4.78, 5) is 24.8.